The number of carbonyl (C=O) groups excluding carboxylic acids is 1. The third-order valence-electron chi connectivity index (χ3n) is 0.673. The van der Waals surface area contributed by atoms with Crippen molar-refractivity contribution in [1.82, 2.24) is 5.32 Å². The molecule has 0 saturated carbocycles. The lowest BCUT2D eigenvalue weighted by Crippen LogP contribution is -2.17. The number of terminal acetylenes is 1. The zero-order valence-corrected chi connectivity index (χ0v) is 4.90. The molecule has 0 saturated heterocycles. The Kier molecular flexibility index (Phi) is 3.91. The van der Waals surface area contributed by atoms with Crippen molar-refractivity contribution in [2.45, 2.75) is 6.42 Å². The van der Waals surface area contributed by atoms with Crippen molar-refractivity contribution in [2.24, 2.45) is 0 Å². The van der Waals surface area contributed by atoms with Crippen LogP contribution in [0.5, 0.6) is 0 Å². The summed E-state index contributed by atoms with van der Waals surface area (Å²) in [6.07, 6.45) is 5.10. The molecular weight excluding hydrogens is 102 g/mol. The summed E-state index contributed by atoms with van der Waals surface area (Å²) >= 11 is 0. The molecule has 44 valence electrons. The highest BCUT2D eigenvalue weighted by Gasteiger charge is 1.93. The molecule has 0 unspecified atom stereocenters. The molecule has 0 aromatic heterocycles. The smallest absolute Gasteiger partial charge is 0.158 e. The molecule has 0 aliphatic heterocycles. The van der Waals surface area contributed by atoms with Gasteiger partial charge in [0.1, 0.15) is 0 Å². The fourth-order valence-electron chi connectivity index (χ4n) is 0.374. The van der Waals surface area contributed by atoms with Gasteiger partial charge in [-0.3, -0.25) is 4.79 Å². The van der Waals surface area contributed by atoms with E-state index >= 15 is 0 Å². The van der Waals surface area contributed by atoms with E-state index < -0.39 is 0 Å². The van der Waals surface area contributed by atoms with Gasteiger partial charge in [0.15, 0.2) is 5.78 Å². The lowest BCUT2D eigenvalue weighted by molar-refractivity contribution is -0.117. The van der Waals surface area contributed by atoms with Gasteiger partial charge in [-0.2, -0.15) is 0 Å². The molecule has 0 amide bonds. The Morgan fingerprint density at radius 1 is 1.88 bits per heavy atom. The van der Waals surface area contributed by atoms with Gasteiger partial charge in [0.25, 0.3) is 0 Å². The maximum Gasteiger partial charge on any atom is 0.158 e. The van der Waals surface area contributed by atoms with E-state index in [1.807, 2.05) is 0 Å². The summed E-state index contributed by atoms with van der Waals surface area (Å²) in [5, 5.41) is 2.71. The van der Waals surface area contributed by atoms with Crippen molar-refractivity contribution in [3.63, 3.8) is 0 Å². The number of nitrogens with one attached hydrogen (secondary N) is 1. The van der Waals surface area contributed by atoms with Crippen molar-refractivity contribution in [3.8, 4) is 12.3 Å². The third kappa shape index (κ3) is 3.38. The Balaban J connectivity index is 3.23. The maximum atomic E-state index is 10.4. The summed E-state index contributed by atoms with van der Waals surface area (Å²) in [6.45, 7) is 0.379. The first-order valence-corrected chi connectivity index (χ1v) is 2.41. The first kappa shape index (κ1) is 7.19. The molecule has 8 heavy (non-hydrogen) atoms. The Morgan fingerprint density at radius 2 is 2.50 bits per heavy atom. The standard InChI is InChI=1S/C6H9NO/c1-3-4-6(8)5-7-2/h1,7H,4-5H2,2H3. The second-order valence-electron chi connectivity index (χ2n) is 1.45. The van der Waals surface area contributed by atoms with Crippen molar-refractivity contribution in [1.29, 1.82) is 0 Å². The van der Waals surface area contributed by atoms with E-state index in [4.69, 9.17) is 6.42 Å². The van der Waals surface area contributed by atoms with E-state index in [2.05, 4.69) is 11.2 Å². The summed E-state index contributed by atoms with van der Waals surface area (Å²) < 4.78 is 0. The predicted octanol–water partition coefficient (Wildman–Crippen LogP) is -0.202. The van der Waals surface area contributed by atoms with Crippen LogP contribution in [0.15, 0.2) is 0 Å². The minimum absolute atomic E-state index is 0.0648. The molecular formula is C6H9NO. The third-order valence-corrected chi connectivity index (χ3v) is 0.673. The molecule has 0 aromatic carbocycles. The molecule has 0 rings (SSSR count). The second kappa shape index (κ2) is 4.35. The lowest BCUT2D eigenvalue weighted by atomic mass is 10.3. The largest absolute Gasteiger partial charge is 0.313 e. The molecule has 0 aliphatic carbocycles. The quantitative estimate of drug-likeness (QED) is 0.511. The fourth-order valence-corrected chi connectivity index (χ4v) is 0.374. The van der Waals surface area contributed by atoms with Gasteiger partial charge in [-0.25, -0.2) is 0 Å². The van der Waals surface area contributed by atoms with E-state index in [-0.39, 0.29) is 12.2 Å². The van der Waals surface area contributed by atoms with Crippen LogP contribution in [0.4, 0.5) is 0 Å². The van der Waals surface area contributed by atoms with Gasteiger partial charge in [0, 0.05) is 0 Å². The van der Waals surface area contributed by atoms with Crippen molar-refractivity contribution in [3.05, 3.63) is 0 Å². The molecule has 1 N–H and O–H groups in total. The molecule has 0 heterocycles. The van der Waals surface area contributed by atoms with Gasteiger partial charge in [-0.15, -0.1) is 6.42 Å². The van der Waals surface area contributed by atoms with Gasteiger partial charge < -0.3 is 5.32 Å². The van der Waals surface area contributed by atoms with Gasteiger partial charge in [-0.1, -0.05) is 5.92 Å². The van der Waals surface area contributed by atoms with Gasteiger partial charge in [0.05, 0.1) is 13.0 Å². The minimum atomic E-state index is 0.0648. The van der Waals surface area contributed by atoms with E-state index in [1.165, 1.54) is 0 Å². The fraction of sp³-hybridized carbons (Fsp3) is 0.500. The zero-order valence-electron chi connectivity index (χ0n) is 4.90. The van der Waals surface area contributed by atoms with E-state index in [0.717, 1.165) is 0 Å². The maximum absolute atomic E-state index is 10.4. The number of Topliss-reactive ketones (excluding diaryl/α,β-unsaturated/α-hetero) is 1. The highest BCUT2D eigenvalue weighted by Crippen LogP contribution is 1.74. The van der Waals surface area contributed by atoms with E-state index in [9.17, 15) is 4.79 Å². The Labute approximate surface area is 49.3 Å². The molecule has 2 heteroatoms. The molecule has 0 spiro atoms. The van der Waals surface area contributed by atoms with E-state index in [0.29, 0.717) is 6.54 Å². The highest BCUT2D eigenvalue weighted by molar-refractivity contribution is 5.82. The lowest BCUT2D eigenvalue weighted by Gasteiger charge is -1.90. The van der Waals surface area contributed by atoms with Crippen molar-refractivity contribution in [2.75, 3.05) is 13.6 Å². The Morgan fingerprint density at radius 3 is 2.88 bits per heavy atom. The topological polar surface area (TPSA) is 29.1 Å². The normalized spacial score (nSPS) is 8.00. The number of hydrogen-bond acceptors (Lipinski definition) is 2. The number of carbonyl (C=O) groups is 1. The number of likely N-dealkylation sites (N-methyl/N-ethyl adjacent to an activating group) is 1. The minimum Gasteiger partial charge on any atom is -0.313 e. The van der Waals surface area contributed by atoms with Gasteiger partial charge in [0.2, 0.25) is 0 Å². The summed E-state index contributed by atoms with van der Waals surface area (Å²) in [6, 6.07) is 0. The first-order chi connectivity index (χ1) is 3.81. The van der Waals surface area contributed by atoms with Crippen LogP contribution in [0.3, 0.4) is 0 Å². The summed E-state index contributed by atoms with van der Waals surface area (Å²) in [5.41, 5.74) is 0. The Bertz CT molecular complexity index is 112. The van der Waals surface area contributed by atoms with Gasteiger partial charge in [-0.05, 0) is 7.05 Å². The van der Waals surface area contributed by atoms with Crippen LogP contribution in [0.25, 0.3) is 0 Å². The van der Waals surface area contributed by atoms with Crippen molar-refractivity contribution >= 4 is 5.78 Å². The molecule has 2 nitrogen and oxygen atoms in total. The number of hydrogen-bond donors (Lipinski definition) is 1. The van der Waals surface area contributed by atoms with Crippen LogP contribution in [-0.4, -0.2) is 19.4 Å². The number of rotatable bonds is 3. The van der Waals surface area contributed by atoms with Gasteiger partial charge >= 0.3 is 0 Å². The van der Waals surface area contributed by atoms with Crippen LogP contribution in [0, 0.1) is 12.3 Å². The average Bonchev–Trinajstić information content (AvgIpc) is 1.68. The highest BCUT2D eigenvalue weighted by atomic mass is 16.1. The molecule has 0 bridgehead atoms. The van der Waals surface area contributed by atoms with Crippen LogP contribution >= 0.6 is 0 Å². The second-order valence-corrected chi connectivity index (χ2v) is 1.45. The SMILES string of the molecule is C#CCC(=O)CNC. The average molecular weight is 111 g/mol. The molecule has 0 aliphatic rings. The number of ketones is 1. The predicted molar refractivity (Wildman–Crippen MR) is 32.4 cm³/mol. The van der Waals surface area contributed by atoms with Crippen LogP contribution < -0.4 is 5.32 Å². The molecule has 0 aromatic rings. The molecule has 0 fully saturated rings. The van der Waals surface area contributed by atoms with Crippen LogP contribution in [0.1, 0.15) is 6.42 Å². The zero-order chi connectivity index (χ0) is 6.41. The van der Waals surface area contributed by atoms with Crippen LogP contribution in [0.2, 0.25) is 0 Å². The molecule has 0 radical (unpaired) electrons. The summed E-state index contributed by atoms with van der Waals surface area (Å²) in [4.78, 5) is 10.4. The van der Waals surface area contributed by atoms with E-state index in [1.54, 1.807) is 7.05 Å². The summed E-state index contributed by atoms with van der Waals surface area (Å²) in [5.74, 6) is 2.33. The summed E-state index contributed by atoms with van der Waals surface area (Å²) in [7, 11) is 1.72. The van der Waals surface area contributed by atoms with Crippen LogP contribution in [-0.2, 0) is 4.79 Å². The monoisotopic (exact) mass is 111 g/mol. The molecule has 0 atom stereocenters. The first-order valence-electron chi connectivity index (χ1n) is 2.41. The Hall–Kier alpha value is -0.810. The van der Waals surface area contributed by atoms with Crippen molar-refractivity contribution < 1.29 is 4.79 Å².